The summed E-state index contributed by atoms with van der Waals surface area (Å²) in [5.41, 5.74) is 2.30. The van der Waals surface area contributed by atoms with E-state index in [0.29, 0.717) is 23.4 Å². The third-order valence-corrected chi connectivity index (χ3v) is 3.94. The zero-order chi connectivity index (χ0) is 14.9. The summed E-state index contributed by atoms with van der Waals surface area (Å²) in [6.07, 6.45) is 3.05. The summed E-state index contributed by atoms with van der Waals surface area (Å²) in [4.78, 5) is 26.3. The largest absolute Gasteiger partial charge is 0.364 e. The first-order valence-corrected chi connectivity index (χ1v) is 7.68. The van der Waals surface area contributed by atoms with E-state index in [2.05, 4.69) is 25.5 Å². The van der Waals surface area contributed by atoms with Crippen LogP contribution >= 0.6 is 7.60 Å². The molecule has 4 N–H and O–H groups in total. The molecule has 0 fully saturated rings. The molecular formula is C12H12N5O3P. The SMILES string of the molecule is O=P(O)(O)c1ccc(CNc2ncnc3cn[nH]c23)cc1. The summed E-state index contributed by atoms with van der Waals surface area (Å²) in [5.74, 6) is 0.622. The topological polar surface area (TPSA) is 124 Å². The highest BCUT2D eigenvalue weighted by molar-refractivity contribution is 7.60. The van der Waals surface area contributed by atoms with Crippen molar-refractivity contribution < 1.29 is 14.4 Å². The van der Waals surface area contributed by atoms with Crippen LogP contribution in [-0.2, 0) is 11.1 Å². The smallest absolute Gasteiger partial charge is 0.356 e. The van der Waals surface area contributed by atoms with Gasteiger partial charge in [0.1, 0.15) is 17.4 Å². The molecule has 9 heteroatoms. The summed E-state index contributed by atoms with van der Waals surface area (Å²) in [7, 11) is -4.19. The Labute approximate surface area is 119 Å². The van der Waals surface area contributed by atoms with Gasteiger partial charge in [0.15, 0.2) is 5.82 Å². The second kappa shape index (κ2) is 5.25. The molecule has 0 saturated carbocycles. The molecule has 0 atom stereocenters. The first kappa shape index (κ1) is 13.7. The van der Waals surface area contributed by atoms with Crippen LogP contribution in [0.2, 0.25) is 0 Å². The van der Waals surface area contributed by atoms with E-state index in [0.717, 1.165) is 5.56 Å². The predicted molar refractivity (Wildman–Crippen MR) is 77.1 cm³/mol. The van der Waals surface area contributed by atoms with Crippen LogP contribution in [0, 0.1) is 0 Å². The zero-order valence-electron chi connectivity index (χ0n) is 10.8. The normalized spacial score (nSPS) is 11.7. The molecule has 3 aromatic rings. The van der Waals surface area contributed by atoms with Crippen LogP contribution in [0.3, 0.4) is 0 Å². The van der Waals surface area contributed by atoms with Gasteiger partial charge >= 0.3 is 7.60 Å². The maximum atomic E-state index is 11.1. The highest BCUT2D eigenvalue weighted by Gasteiger charge is 2.16. The molecule has 0 aliphatic carbocycles. The van der Waals surface area contributed by atoms with Crippen LogP contribution in [0.15, 0.2) is 36.8 Å². The number of hydrogen-bond donors (Lipinski definition) is 4. The van der Waals surface area contributed by atoms with Gasteiger partial charge in [-0.05, 0) is 17.7 Å². The van der Waals surface area contributed by atoms with Gasteiger partial charge in [0.05, 0.1) is 11.5 Å². The Hall–Kier alpha value is -2.28. The maximum Gasteiger partial charge on any atom is 0.356 e. The van der Waals surface area contributed by atoms with E-state index in [4.69, 9.17) is 9.79 Å². The van der Waals surface area contributed by atoms with Crippen molar-refractivity contribution in [3.63, 3.8) is 0 Å². The molecule has 0 radical (unpaired) electrons. The number of benzene rings is 1. The van der Waals surface area contributed by atoms with Crippen LogP contribution in [0.4, 0.5) is 5.82 Å². The van der Waals surface area contributed by atoms with E-state index in [9.17, 15) is 4.57 Å². The molecule has 3 rings (SSSR count). The fraction of sp³-hybridized carbons (Fsp3) is 0.0833. The van der Waals surface area contributed by atoms with E-state index in [1.807, 2.05) is 0 Å². The number of aromatic amines is 1. The maximum absolute atomic E-state index is 11.1. The summed E-state index contributed by atoms with van der Waals surface area (Å²) < 4.78 is 11.1. The van der Waals surface area contributed by atoms with Crippen molar-refractivity contribution in [2.24, 2.45) is 0 Å². The van der Waals surface area contributed by atoms with Crippen molar-refractivity contribution in [3.05, 3.63) is 42.4 Å². The van der Waals surface area contributed by atoms with Gasteiger partial charge in [-0.1, -0.05) is 12.1 Å². The monoisotopic (exact) mass is 305 g/mol. The third-order valence-electron chi connectivity index (χ3n) is 2.97. The summed E-state index contributed by atoms with van der Waals surface area (Å²) in [5, 5.41) is 9.85. The van der Waals surface area contributed by atoms with Gasteiger partial charge in [-0.25, -0.2) is 9.97 Å². The van der Waals surface area contributed by atoms with E-state index < -0.39 is 7.60 Å². The fourth-order valence-corrected chi connectivity index (χ4v) is 2.43. The van der Waals surface area contributed by atoms with Gasteiger partial charge in [0, 0.05) is 6.54 Å². The Balaban J connectivity index is 1.76. The standard InChI is InChI=1S/C12H12N5O3P/c18-21(19,20)9-3-1-8(2-4-9)5-13-12-11-10(6-16-17-11)14-7-15-12/h1-4,6-7H,5H2,(H,16,17)(H,13,14,15)(H2,18,19,20). The minimum absolute atomic E-state index is 0.00393. The highest BCUT2D eigenvalue weighted by Crippen LogP contribution is 2.32. The quantitative estimate of drug-likeness (QED) is 0.525. The van der Waals surface area contributed by atoms with Gasteiger partial charge in [-0.15, -0.1) is 0 Å². The minimum Gasteiger partial charge on any atom is -0.364 e. The van der Waals surface area contributed by atoms with Gasteiger partial charge in [0.25, 0.3) is 0 Å². The lowest BCUT2D eigenvalue weighted by Crippen LogP contribution is -2.06. The zero-order valence-corrected chi connectivity index (χ0v) is 11.7. The Bertz CT molecular complexity index is 811. The van der Waals surface area contributed by atoms with E-state index in [1.165, 1.54) is 18.5 Å². The predicted octanol–water partition coefficient (Wildman–Crippen LogP) is 0.768. The van der Waals surface area contributed by atoms with Crippen LogP contribution in [0.25, 0.3) is 11.0 Å². The van der Waals surface area contributed by atoms with E-state index in [-0.39, 0.29) is 5.30 Å². The van der Waals surface area contributed by atoms with Gasteiger partial charge in [-0.3, -0.25) is 9.66 Å². The Morgan fingerprint density at radius 2 is 1.95 bits per heavy atom. The number of aromatic nitrogens is 4. The first-order valence-electron chi connectivity index (χ1n) is 6.07. The van der Waals surface area contributed by atoms with Gasteiger partial charge in [-0.2, -0.15) is 5.10 Å². The molecule has 108 valence electrons. The Morgan fingerprint density at radius 1 is 1.19 bits per heavy atom. The number of hydrogen-bond acceptors (Lipinski definition) is 5. The minimum atomic E-state index is -4.19. The summed E-state index contributed by atoms with van der Waals surface area (Å²) >= 11 is 0. The van der Waals surface area contributed by atoms with Crippen LogP contribution < -0.4 is 10.6 Å². The lowest BCUT2D eigenvalue weighted by molar-refractivity contribution is 0.387. The lowest BCUT2D eigenvalue weighted by Gasteiger charge is -2.08. The molecule has 2 heterocycles. The van der Waals surface area contributed by atoms with Gasteiger partial charge in [0.2, 0.25) is 0 Å². The second-order valence-corrected chi connectivity index (χ2v) is 6.02. The average Bonchev–Trinajstić information content (AvgIpc) is 2.93. The second-order valence-electron chi connectivity index (χ2n) is 4.42. The van der Waals surface area contributed by atoms with Gasteiger partial charge < -0.3 is 15.1 Å². The van der Waals surface area contributed by atoms with Crippen LogP contribution in [-0.4, -0.2) is 30.0 Å². The number of fused-ring (bicyclic) bond motifs is 1. The third kappa shape index (κ3) is 2.92. The average molecular weight is 305 g/mol. The molecule has 2 aromatic heterocycles. The molecule has 0 unspecified atom stereocenters. The molecule has 0 saturated heterocycles. The molecular weight excluding hydrogens is 293 g/mol. The van der Waals surface area contributed by atoms with Crippen molar-refractivity contribution in [2.75, 3.05) is 5.32 Å². The summed E-state index contributed by atoms with van der Waals surface area (Å²) in [6, 6.07) is 6.16. The van der Waals surface area contributed by atoms with E-state index >= 15 is 0 Å². The Morgan fingerprint density at radius 3 is 2.67 bits per heavy atom. The molecule has 0 bridgehead atoms. The number of nitrogens with one attached hydrogen (secondary N) is 2. The summed E-state index contributed by atoms with van der Waals surface area (Å²) in [6.45, 7) is 0.465. The molecule has 21 heavy (non-hydrogen) atoms. The van der Waals surface area contributed by atoms with Crippen LogP contribution in [0.1, 0.15) is 5.56 Å². The number of H-pyrrole nitrogens is 1. The van der Waals surface area contributed by atoms with Crippen molar-refractivity contribution in [2.45, 2.75) is 6.54 Å². The fourth-order valence-electron chi connectivity index (χ4n) is 1.89. The Kier molecular flexibility index (Phi) is 3.42. The van der Waals surface area contributed by atoms with E-state index in [1.54, 1.807) is 18.3 Å². The number of rotatable bonds is 4. The number of anilines is 1. The molecule has 0 aliphatic heterocycles. The van der Waals surface area contributed by atoms with Crippen molar-refractivity contribution >= 4 is 29.8 Å². The molecule has 1 aromatic carbocycles. The molecule has 0 amide bonds. The van der Waals surface area contributed by atoms with Crippen molar-refractivity contribution in [3.8, 4) is 0 Å². The molecule has 0 aliphatic rings. The first-order chi connectivity index (χ1) is 10.0. The highest BCUT2D eigenvalue weighted by atomic mass is 31.2. The lowest BCUT2D eigenvalue weighted by atomic mass is 10.2. The van der Waals surface area contributed by atoms with Crippen molar-refractivity contribution in [1.82, 2.24) is 20.2 Å². The van der Waals surface area contributed by atoms with Crippen LogP contribution in [0.5, 0.6) is 0 Å². The molecule has 8 nitrogen and oxygen atoms in total. The number of nitrogens with zero attached hydrogens (tertiary/aromatic N) is 3. The van der Waals surface area contributed by atoms with Crippen molar-refractivity contribution in [1.29, 1.82) is 0 Å². The molecule has 0 spiro atoms.